The van der Waals surface area contributed by atoms with Gasteiger partial charge in [-0.3, -0.25) is 4.79 Å². The van der Waals surface area contributed by atoms with Crippen LogP contribution in [0.15, 0.2) is 35.3 Å². The first-order valence-electron chi connectivity index (χ1n) is 8.96. The summed E-state index contributed by atoms with van der Waals surface area (Å²) in [6.07, 6.45) is 1.77. The minimum Gasteiger partial charge on any atom is -0.356 e. The summed E-state index contributed by atoms with van der Waals surface area (Å²) in [6.45, 7) is 10.7. The fourth-order valence-corrected chi connectivity index (χ4v) is 3.34. The molecule has 0 radical (unpaired) electrons. The molecule has 136 valence electrons. The van der Waals surface area contributed by atoms with Crippen molar-refractivity contribution in [3.8, 4) is 0 Å². The predicted octanol–water partition coefficient (Wildman–Crippen LogP) is 2.03. The van der Waals surface area contributed by atoms with Crippen LogP contribution in [0.1, 0.15) is 32.2 Å². The molecule has 0 bridgehead atoms. The van der Waals surface area contributed by atoms with Crippen LogP contribution in [0.3, 0.4) is 0 Å². The maximum absolute atomic E-state index is 12.2. The van der Waals surface area contributed by atoms with Gasteiger partial charge in [0.05, 0.1) is 18.4 Å². The number of fused-ring (bicyclic) bond motifs is 1. The lowest BCUT2D eigenvalue weighted by molar-refractivity contribution is 0.326. The van der Waals surface area contributed by atoms with Gasteiger partial charge in [-0.05, 0) is 13.0 Å². The maximum atomic E-state index is 12.2. The number of hydrogen-bond donors (Lipinski definition) is 0. The summed E-state index contributed by atoms with van der Waals surface area (Å²) in [4.78, 5) is 18.9. The molecule has 0 saturated carbocycles. The molecule has 7 nitrogen and oxygen atoms in total. The molecule has 1 fully saturated rings. The van der Waals surface area contributed by atoms with Crippen molar-refractivity contribution in [3.63, 3.8) is 0 Å². The van der Waals surface area contributed by atoms with E-state index in [-0.39, 0.29) is 11.0 Å². The molecule has 1 saturated heterocycles. The Kier molecular flexibility index (Phi) is 3.82. The van der Waals surface area contributed by atoms with E-state index in [1.54, 1.807) is 16.9 Å². The van der Waals surface area contributed by atoms with Crippen molar-refractivity contribution in [1.29, 1.82) is 0 Å². The van der Waals surface area contributed by atoms with Crippen molar-refractivity contribution in [3.05, 3.63) is 52.2 Å². The third kappa shape index (κ3) is 2.98. The molecule has 1 aliphatic rings. The molecule has 26 heavy (non-hydrogen) atoms. The van der Waals surface area contributed by atoms with Gasteiger partial charge in [0.1, 0.15) is 5.82 Å². The first-order valence-corrected chi connectivity index (χ1v) is 8.96. The molecule has 7 heteroatoms. The van der Waals surface area contributed by atoms with Crippen molar-refractivity contribution >= 4 is 11.5 Å². The first-order chi connectivity index (χ1) is 12.3. The molecule has 4 rings (SSSR count). The molecule has 3 aromatic rings. The van der Waals surface area contributed by atoms with E-state index in [1.807, 2.05) is 23.6 Å². The van der Waals surface area contributed by atoms with Crippen LogP contribution in [0.2, 0.25) is 0 Å². The van der Waals surface area contributed by atoms with Crippen LogP contribution in [-0.2, 0) is 12.0 Å². The largest absolute Gasteiger partial charge is 0.356 e. The van der Waals surface area contributed by atoms with Crippen LogP contribution in [0.4, 0.5) is 5.82 Å². The zero-order valence-corrected chi connectivity index (χ0v) is 15.7. The summed E-state index contributed by atoms with van der Waals surface area (Å²) in [5.41, 5.74) is 2.68. The molecular formula is C19H24N6O. The Bertz CT molecular complexity index is 1010. The fourth-order valence-electron chi connectivity index (χ4n) is 3.34. The monoisotopic (exact) mass is 352 g/mol. The molecule has 0 unspecified atom stereocenters. The molecule has 0 spiro atoms. The van der Waals surface area contributed by atoms with E-state index >= 15 is 0 Å². The number of anilines is 1. The second kappa shape index (κ2) is 5.93. The molecule has 1 aliphatic heterocycles. The third-order valence-corrected chi connectivity index (χ3v) is 4.82. The number of rotatable bonds is 3. The summed E-state index contributed by atoms with van der Waals surface area (Å²) in [7, 11) is 0. The van der Waals surface area contributed by atoms with Gasteiger partial charge in [-0.1, -0.05) is 20.8 Å². The smallest absolute Gasteiger partial charge is 0.266 e. The summed E-state index contributed by atoms with van der Waals surface area (Å²) in [5, 5.41) is 8.95. The zero-order chi connectivity index (χ0) is 18.5. The lowest BCUT2D eigenvalue weighted by atomic mass is 9.92. The number of aryl methyl sites for hydroxylation is 1. The van der Waals surface area contributed by atoms with E-state index in [4.69, 9.17) is 0 Å². The fraction of sp³-hybridized carbons (Fsp3) is 0.474. The van der Waals surface area contributed by atoms with Gasteiger partial charge in [0.25, 0.3) is 5.56 Å². The normalized spacial score (nSPS) is 15.5. The minimum absolute atomic E-state index is 0.0364. The predicted molar refractivity (Wildman–Crippen MR) is 101 cm³/mol. The molecular weight excluding hydrogens is 328 g/mol. The molecule has 0 amide bonds. The summed E-state index contributed by atoms with van der Waals surface area (Å²) >= 11 is 0. The number of aromatic nitrogens is 5. The highest BCUT2D eigenvalue weighted by Gasteiger charge is 2.30. The van der Waals surface area contributed by atoms with Gasteiger partial charge < -0.3 is 4.90 Å². The first kappa shape index (κ1) is 16.8. The van der Waals surface area contributed by atoms with Crippen LogP contribution in [0.25, 0.3) is 5.65 Å². The molecule has 4 heterocycles. The van der Waals surface area contributed by atoms with Gasteiger partial charge in [0.15, 0.2) is 5.65 Å². The SMILES string of the molecule is Cc1cc(N2CC(Cn3nc(C(C)(C)C)ccc3=O)C2)n2nccc2n1. The van der Waals surface area contributed by atoms with Crippen LogP contribution < -0.4 is 10.5 Å². The molecule has 0 atom stereocenters. The molecule has 0 aromatic carbocycles. The van der Waals surface area contributed by atoms with Crippen LogP contribution >= 0.6 is 0 Å². The highest BCUT2D eigenvalue weighted by Crippen LogP contribution is 2.26. The highest BCUT2D eigenvalue weighted by atomic mass is 16.1. The van der Waals surface area contributed by atoms with E-state index < -0.39 is 0 Å². The molecule has 3 aromatic heterocycles. The summed E-state index contributed by atoms with van der Waals surface area (Å²) in [6, 6.07) is 7.43. The Morgan fingerprint density at radius 3 is 2.69 bits per heavy atom. The summed E-state index contributed by atoms with van der Waals surface area (Å²) < 4.78 is 3.48. The molecule has 0 N–H and O–H groups in total. The average Bonchev–Trinajstić information content (AvgIpc) is 2.98. The van der Waals surface area contributed by atoms with Crippen molar-refractivity contribution in [2.75, 3.05) is 18.0 Å². The highest BCUT2D eigenvalue weighted by molar-refractivity contribution is 5.52. The Balaban J connectivity index is 1.51. The van der Waals surface area contributed by atoms with Crippen molar-refractivity contribution in [1.82, 2.24) is 24.4 Å². The lowest BCUT2D eigenvalue weighted by Gasteiger charge is -2.40. The van der Waals surface area contributed by atoms with Crippen LogP contribution in [0, 0.1) is 12.8 Å². The van der Waals surface area contributed by atoms with E-state index in [0.717, 1.165) is 35.9 Å². The Hall–Kier alpha value is -2.70. The van der Waals surface area contributed by atoms with E-state index in [0.29, 0.717) is 12.5 Å². The van der Waals surface area contributed by atoms with Crippen molar-refractivity contribution in [2.45, 2.75) is 39.7 Å². The average molecular weight is 352 g/mol. The maximum Gasteiger partial charge on any atom is 0.266 e. The lowest BCUT2D eigenvalue weighted by Crippen LogP contribution is -2.50. The van der Waals surface area contributed by atoms with Crippen molar-refractivity contribution < 1.29 is 0 Å². The van der Waals surface area contributed by atoms with Crippen LogP contribution in [0.5, 0.6) is 0 Å². The van der Waals surface area contributed by atoms with Gasteiger partial charge in [-0.15, -0.1) is 0 Å². The topological polar surface area (TPSA) is 68.3 Å². The van der Waals surface area contributed by atoms with Gasteiger partial charge in [0, 0.05) is 48.3 Å². The second-order valence-electron chi connectivity index (χ2n) is 8.12. The zero-order valence-electron chi connectivity index (χ0n) is 15.7. The summed E-state index contributed by atoms with van der Waals surface area (Å²) in [5.74, 6) is 1.45. The standard InChI is InChI=1S/C19H24N6O/c1-13-9-17(25-16(21-13)7-8-20-25)23-10-14(11-23)12-24-18(26)6-5-15(22-24)19(2,3)4/h5-9,14H,10-12H2,1-4H3. The van der Waals surface area contributed by atoms with E-state index in [2.05, 4.69) is 46.9 Å². The quantitative estimate of drug-likeness (QED) is 0.721. The Morgan fingerprint density at radius 2 is 1.96 bits per heavy atom. The van der Waals surface area contributed by atoms with E-state index in [1.165, 1.54) is 0 Å². The Labute approximate surface area is 152 Å². The van der Waals surface area contributed by atoms with Gasteiger partial charge in [0.2, 0.25) is 0 Å². The van der Waals surface area contributed by atoms with Gasteiger partial charge >= 0.3 is 0 Å². The van der Waals surface area contributed by atoms with Crippen molar-refractivity contribution in [2.24, 2.45) is 5.92 Å². The number of hydrogen-bond acceptors (Lipinski definition) is 5. The molecule has 0 aliphatic carbocycles. The van der Waals surface area contributed by atoms with Gasteiger partial charge in [-0.2, -0.15) is 14.7 Å². The third-order valence-electron chi connectivity index (χ3n) is 4.82. The second-order valence-corrected chi connectivity index (χ2v) is 8.12. The van der Waals surface area contributed by atoms with Crippen LogP contribution in [-0.4, -0.2) is 37.5 Å². The number of nitrogens with zero attached hydrogens (tertiary/aromatic N) is 6. The minimum atomic E-state index is -0.0681. The van der Waals surface area contributed by atoms with E-state index in [9.17, 15) is 4.79 Å². The van der Waals surface area contributed by atoms with Gasteiger partial charge in [-0.25, -0.2) is 9.67 Å². The Morgan fingerprint density at radius 1 is 1.19 bits per heavy atom.